The SMILES string of the molecule is CC(C)CP(=O)(O)CN(Cc1ccccc1)Cc1ccccc1. The Morgan fingerprint density at radius 3 is 1.74 bits per heavy atom. The Labute approximate surface area is 139 Å². The number of hydrogen-bond acceptors (Lipinski definition) is 2. The molecular weight excluding hydrogens is 305 g/mol. The maximum absolute atomic E-state index is 12.5. The highest BCUT2D eigenvalue weighted by molar-refractivity contribution is 7.57. The molecule has 0 amide bonds. The minimum Gasteiger partial charge on any atom is -0.343 e. The Hall–Kier alpha value is -1.41. The summed E-state index contributed by atoms with van der Waals surface area (Å²) in [5.74, 6) is 0.223. The third-order valence-corrected chi connectivity index (χ3v) is 5.71. The van der Waals surface area contributed by atoms with Gasteiger partial charge >= 0.3 is 0 Å². The van der Waals surface area contributed by atoms with Crippen molar-refractivity contribution in [2.24, 2.45) is 5.92 Å². The van der Waals surface area contributed by atoms with Crippen LogP contribution >= 0.6 is 7.37 Å². The van der Waals surface area contributed by atoms with Crippen molar-refractivity contribution in [2.75, 3.05) is 12.4 Å². The van der Waals surface area contributed by atoms with E-state index in [2.05, 4.69) is 29.2 Å². The molecule has 2 aromatic carbocycles. The van der Waals surface area contributed by atoms with Gasteiger partial charge in [-0.15, -0.1) is 0 Å². The van der Waals surface area contributed by atoms with E-state index in [1.165, 1.54) is 0 Å². The number of benzene rings is 2. The van der Waals surface area contributed by atoms with Crippen molar-refractivity contribution < 1.29 is 9.46 Å². The van der Waals surface area contributed by atoms with Crippen molar-refractivity contribution in [1.29, 1.82) is 0 Å². The molecule has 0 saturated heterocycles. The van der Waals surface area contributed by atoms with Crippen LogP contribution in [0.15, 0.2) is 60.7 Å². The minimum absolute atomic E-state index is 0.223. The zero-order valence-corrected chi connectivity index (χ0v) is 14.8. The van der Waals surface area contributed by atoms with E-state index in [-0.39, 0.29) is 12.2 Å². The van der Waals surface area contributed by atoms with Gasteiger partial charge in [0.2, 0.25) is 7.37 Å². The molecule has 0 spiro atoms. The quantitative estimate of drug-likeness (QED) is 0.720. The maximum Gasteiger partial charge on any atom is 0.214 e. The molecule has 124 valence electrons. The molecule has 2 aromatic rings. The van der Waals surface area contributed by atoms with Crippen LogP contribution in [0.2, 0.25) is 0 Å². The van der Waals surface area contributed by atoms with Crippen LogP contribution in [0.3, 0.4) is 0 Å². The Morgan fingerprint density at radius 2 is 1.35 bits per heavy atom. The Balaban J connectivity index is 2.12. The topological polar surface area (TPSA) is 40.5 Å². The van der Waals surface area contributed by atoms with E-state index in [1.807, 2.05) is 50.2 Å². The maximum atomic E-state index is 12.5. The second-order valence-electron chi connectivity index (χ2n) is 6.52. The van der Waals surface area contributed by atoms with Gasteiger partial charge in [-0.2, -0.15) is 0 Å². The van der Waals surface area contributed by atoms with Crippen LogP contribution in [-0.4, -0.2) is 22.2 Å². The molecule has 23 heavy (non-hydrogen) atoms. The number of hydrogen-bond donors (Lipinski definition) is 1. The summed E-state index contributed by atoms with van der Waals surface area (Å²) in [4.78, 5) is 12.4. The molecule has 1 unspecified atom stereocenters. The van der Waals surface area contributed by atoms with Crippen molar-refractivity contribution in [2.45, 2.75) is 26.9 Å². The average molecular weight is 331 g/mol. The van der Waals surface area contributed by atoms with Crippen molar-refractivity contribution >= 4 is 7.37 Å². The molecule has 2 rings (SSSR count). The monoisotopic (exact) mass is 331 g/mol. The van der Waals surface area contributed by atoms with Gasteiger partial charge in [-0.25, -0.2) is 0 Å². The summed E-state index contributed by atoms with van der Waals surface area (Å²) in [6.07, 6.45) is 0.599. The smallest absolute Gasteiger partial charge is 0.214 e. The van der Waals surface area contributed by atoms with E-state index < -0.39 is 7.37 Å². The van der Waals surface area contributed by atoms with Crippen LogP contribution in [0.1, 0.15) is 25.0 Å². The highest BCUT2D eigenvalue weighted by Crippen LogP contribution is 2.43. The molecule has 4 heteroatoms. The zero-order valence-electron chi connectivity index (χ0n) is 13.9. The fraction of sp³-hybridized carbons (Fsp3) is 0.368. The standard InChI is InChI=1S/C19H26NO2P/c1-17(2)15-23(21,22)16-20(13-18-9-5-3-6-10-18)14-19-11-7-4-8-12-19/h3-12,17H,13-16H2,1-2H3,(H,21,22). The van der Waals surface area contributed by atoms with Crippen LogP contribution in [-0.2, 0) is 17.7 Å². The summed E-state index contributed by atoms with van der Waals surface area (Å²) in [6.45, 7) is 5.33. The second kappa shape index (κ2) is 8.44. The van der Waals surface area contributed by atoms with Crippen molar-refractivity contribution in [3.63, 3.8) is 0 Å². The zero-order chi connectivity index (χ0) is 16.7. The van der Waals surface area contributed by atoms with Crippen LogP contribution < -0.4 is 0 Å². The van der Waals surface area contributed by atoms with Crippen LogP contribution in [0.25, 0.3) is 0 Å². The van der Waals surface area contributed by atoms with Gasteiger partial charge in [-0.1, -0.05) is 74.5 Å². The van der Waals surface area contributed by atoms with Crippen molar-refractivity contribution in [3.8, 4) is 0 Å². The van der Waals surface area contributed by atoms with Crippen molar-refractivity contribution in [1.82, 2.24) is 4.90 Å². The molecule has 0 saturated carbocycles. The molecule has 0 aliphatic heterocycles. The second-order valence-corrected chi connectivity index (χ2v) is 8.86. The highest BCUT2D eigenvalue weighted by atomic mass is 31.2. The number of rotatable bonds is 8. The van der Waals surface area contributed by atoms with E-state index >= 15 is 0 Å². The number of nitrogens with zero attached hydrogens (tertiary/aromatic N) is 1. The fourth-order valence-corrected chi connectivity index (χ4v) is 4.86. The van der Waals surface area contributed by atoms with E-state index in [1.54, 1.807) is 0 Å². The largest absolute Gasteiger partial charge is 0.343 e. The van der Waals surface area contributed by atoms with E-state index in [0.717, 1.165) is 11.1 Å². The van der Waals surface area contributed by atoms with Gasteiger partial charge in [0.05, 0.1) is 6.29 Å². The first-order valence-electron chi connectivity index (χ1n) is 8.06. The van der Waals surface area contributed by atoms with Gasteiger partial charge in [0.25, 0.3) is 0 Å². The van der Waals surface area contributed by atoms with E-state index in [4.69, 9.17) is 0 Å². The lowest BCUT2D eigenvalue weighted by Crippen LogP contribution is -2.25. The molecule has 0 aliphatic rings. The van der Waals surface area contributed by atoms with Gasteiger partial charge in [0.15, 0.2) is 0 Å². The minimum atomic E-state index is -3.15. The van der Waals surface area contributed by atoms with E-state index in [0.29, 0.717) is 19.3 Å². The third-order valence-electron chi connectivity index (χ3n) is 3.57. The normalized spacial score (nSPS) is 14.1. The lowest BCUT2D eigenvalue weighted by molar-refractivity contribution is 0.285. The molecule has 3 nitrogen and oxygen atoms in total. The summed E-state index contributed by atoms with van der Waals surface area (Å²) in [5.41, 5.74) is 2.32. The predicted molar refractivity (Wildman–Crippen MR) is 96.5 cm³/mol. The fourth-order valence-electron chi connectivity index (χ4n) is 2.78. The predicted octanol–water partition coefficient (Wildman–Crippen LogP) is 4.57. The summed E-state index contributed by atoms with van der Waals surface area (Å²) in [5, 5.41) is 0. The van der Waals surface area contributed by atoms with Crippen LogP contribution in [0.5, 0.6) is 0 Å². The first-order valence-corrected chi connectivity index (χ1v) is 10.1. The van der Waals surface area contributed by atoms with Crippen LogP contribution in [0.4, 0.5) is 0 Å². The van der Waals surface area contributed by atoms with Gasteiger partial charge in [0, 0.05) is 19.3 Å². The molecule has 0 radical (unpaired) electrons. The first-order chi connectivity index (χ1) is 10.9. The summed E-state index contributed by atoms with van der Waals surface area (Å²) < 4.78 is 12.5. The summed E-state index contributed by atoms with van der Waals surface area (Å²) >= 11 is 0. The Kier molecular flexibility index (Phi) is 6.59. The highest BCUT2D eigenvalue weighted by Gasteiger charge is 2.24. The van der Waals surface area contributed by atoms with Crippen LogP contribution in [0, 0.1) is 5.92 Å². The third kappa shape index (κ3) is 6.70. The molecule has 0 bridgehead atoms. The molecule has 0 heterocycles. The molecule has 1 N–H and O–H groups in total. The first kappa shape index (κ1) is 17.9. The molecular formula is C19H26NO2P. The molecule has 0 aliphatic carbocycles. The summed E-state index contributed by atoms with van der Waals surface area (Å²) in [6, 6.07) is 20.2. The van der Waals surface area contributed by atoms with Gasteiger partial charge in [-0.05, 0) is 17.0 Å². The average Bonchev–Trinajstić information content (AvgIpc) is 2.47. The summed E-state index contributed by atoms with van der Waals surface area (Å²) in [7, 11) is -3.15. The van der Waals surface area contributed by atoms with E-state index in [9.17, 15) is 9.46 Å². The molecule has 0 aromatic heterocycles. The molecule has 0 fully saturated rings. The lowest BCUT2D eigenvalue weighted by Gasteiger charge is -2.26. The Bertz CT molecular complexity index is 587. The Morgan fingerprint density at radius 1 is 0.913 bits per heavy atom. The van der Waals surface area contributed by atoms with Gasteiger partial charge in [-0.3, -0.25) is 9.46 Å². The lowest BCUT2D eigenvalue weighted by atomic mass is 10.2. The van der Waals surface area contributed by atoms with Gasteiger partial charge < -0.3 is 4.89 Å². The molecule has 1 atom stereocenters. The van der Waals surface area contributed by atoms with Gasteiger partial charge in [0.1, 0.15) is 0 Å². The van der Waals surface area contributed by atoms with Crippen molar-refractivity contribution in [3.05, 3.63) is 71.8 Å².